The van der Waals surface area contributed by atoms with Gasteiger partial charge in [-0.1, -0.05) is 18.2 Å². The van der Waals surface area contributed by atoms with Crippen molar-refractivity contribution in [2.45, 2.75) is 39.8 Å². The first-order valence-electron chi connectivity index (χ1n) is 9.59. The average Bonchev–Trinajstić information content (AvgIpc) is 3.00. The molecule has 0 spiro atoms. The van der Waals surface area contributed by atoms with Crippen LogP contribution in [0.1, 0.15) is 30.6 Å². The van der Waals surface area contributed by atoms with Crippen LogP contribution in [0.4, 0.5) is 0 Å². The summed E-state index contributed by atoms with van der Waals surface area (Å²) in [5, 5.41) is 14.9. The predicted molar refractivity (Wildman–Crippen MR) is 126 cm³/mol. The number of halogens is 1. The van der Waals surface area contributed by atoms with Crippen LogP contribution < -0.4 is 15.4 Å². The summed E-state index contributed by atoms with van der Waals surface area (Å²) in [6.45, 7) is 8.55. The van der Waals surface area contributed by atoms with E-state index in [9.17, 15) is 0 Å². The quantitative estimate of drug-likeness (QED) is 0.219. The molecular weight excluding hydrogens is 483 g/mol. The van der Waals surface area contributed by atoms with Crippen LogP contribution in [0.5, 0.6) is 5.75 Å². The smallest absolute Gasteiger partial charge is 0.191 e. The molecule has 0 aliphatic rings. The highest BCUT2D eigenvalue weighted by Crippen LogP contribution is 2.17. The number of guanidine groups is 1. The highest BCUT2D eigenvalue weighted by atomic mass is 127. The standard InChI is InChI=1S/C20H32N6O2.HI/c1-15-9-6-7-10-18(15)28-16(2)13-22-20(21-11-8-12-27-5)23-14-19-25-24-17(3)26(19)4;/h6-7,9-10,16H,8,11-14H2,1-5H3,(H2,21,22,23);1H. The minimum atomic E-state index is -0.0100. The van der Waals surface area contributed by atoms with Crippen molar-refractivity contribution < 1.29 is 9.47 Å². The third-order valence-corrected chi connectivity index (χ3v) is 4.36. The number of nitrogens with one attached hydrogen (secondary N) is 2. The molecule has 1 heterocycles. The zero-order valence-electron chi connectivity index (χ0n) is 17.9. The number of rotatable bonds is 10. The van der Waals surface area contributed by atoms with E-state index < -0.39 is 0 Å². The number of ether oxygens (including phenoxy) is 2. The number of aliphatic imine (C=N–C) groups is 1. The number of methoxy groups -OCH3 is 1. The van der Waals surface area contributed by atoms with Crippen molar-refractivity contribution in [2.24, 2.45) is 12.0 Å². The predicted octanol–water partition coefficient (Wildman–Crippen LogP) is 2.59. The fourth-order valence-corrected chi connectivity index (χ4v) is 2.52. The minimum Gasteiger partial charge on any atom is -0.489 e. The molecule has 2 aromatic rings. The number of benzene rings is 1. The maximum atomic E-state index is 6.03. The zero-order chi connectivity index (χ0) is 20.4. The molecule has 0 amide bonds. The second kappa shape index (κ2) is 13.4. The van der Waals surface area contributed by atoms with E-state index in [4.69, 9.17) is 9.47 Å². The van der Waals surface area contributed by atoms with E-state index in [-0.39, 0.29) is 30.1 Å². The van der Waals surface area contributed by atoms with Crippen LogP contribution in [0, 0.1) is 13.8 Å². The first-order chi connectivity index (χ1) is 13.5. The Labute approximate surface area is 190 Å². The van der Waals surface area contributed by atoms with Crippen molar-refractivity contribution in [3.8, 4) is 5.75 Å². The minimum absolute atomic E-state index is 0. The van der Waals surface area contributed by atoms with E-state index in [1.807, 2.05) is 56.7 Å². The van der Waals surface area contributed by atoms with Gasteiger partial charge in [0.25, 0.3) is 0 Å². The molecule has 1 atom stereocenters. The van der Waals surface area contributed by atoms with Crippen molar-refractivity contribution in [2.75, 3.05) is 26.8 Å². The monoisotopic (exact) mass is 516 g/mol. The number of hydrogen-bond acceptors (Lipinski definition) is 5. The normalized spacial score (nSPS) is 12.2. The molecule has 1 unspecified atom stereocenters. The van der Waals surface area contributed by atoms with Crippen molar-refractivity contribution in [3.05, 3.63) is 41.5 Å². The van der Waals surface area contributed by atoms with Gasteiger partial charge in [0.2, 0.25) is 0 Å². The van der Waals surface area contributed by atoms with Crippen molar-refractivity contribution >= 4 is 29.9 Å². The summed E-state index contributed by atoms with van der Waals surface area (Å²) >= 11 is 0. The highest BCUT2D eigenvalue weighted by molar-refractivity contribution is 14.0. The summed E-state index contributed by atoms with van der Waals surface area (Å²) in [6, 6.07) is 8.02. The van der Waals surface area contributed by atoms with Crippen LogP contribution in [0.2, 0.25) is 0 Å². The first kappa shape index (κ1) is 25.2. The summed E-state index contributed by atoms with van der Waals surface area (Å²) in [4.78, 5) is 4.64. The van der Waals surface area contributed by atoms with Gasteiger partial charge in [-0.05, 0) is 38.8 Å². The molecule has 8 nitrogen and oxygen atoms in total. The molecule has 2 rings (SSSR count). The van der Waals surface area contributed by atoms with E-state index in [2.05, 4.69) is 25.8 Å². The molecule has 0 bridgehead atoms. The van der Waals surface area contributed by atoms with Crippen molar-refractivity contribution in [1.82, 2.24) is 25.4 Å². The summed E-state index contributed by atoms with van der Waals surface area (Å²) in [5.41, 5.74) is 1.12. The first-order valence-corrected chi connectivity index (χ1v) is 9.59. The lowest BCUT2D eigenvalue weighted by Crippen LogP contribution is -2.42. The van der Waals surface area contributed by atoms with E-state index in [1.165, 1.54) is 0 Å². The highest BCUT2D eigenvalue weighted by Gasteiger charge is 2.09. The fourth-order valence-electron chi connectivity index (χ4n) is 2.52. The Bertz CT molecular complexity index is 765. The van der Waals surface area contributed by atoms with Crippen molar-refractivity contribution in [3.63, 3.8) is 0 Å². The summed E-state index contributed by atoms with van der Waals surface area (Å²) in [5.74, 6) is 3.31. The molecule has 0 saturated heterocycles. The Morgan fingerprint density at radius 1 is 1.21 bits per heavy atom. The van der Waals surface area contributed by atoms with Gasteiger partial charge in [0, 0.05) is 27.3 Å². The molecule has 162 valence electrons. The molecule has 1 aromatic carbocycles. The molecular formula is C20H33IN6O2. The maximum Gasteiger partial charge on any atom is 0.191 e. The van der Waals surface area contributed by atoms with Gasteiger partial charge in [-0.3, -0.25) is 0 Å². The van der Waals surface area contributed by atoms with Gasteiger partial charge in [-0.15, -0.1) is 34.2 Å². The Hall–Kier alpha value is -1.88. The second-order valence-corrected chi connectivity index (χ2v) is 6.74. The third kappa shape index (κ3) is 8.57. The number of aromatic nitrogens is 3. The Kier molecular flexibility index (Phi) is 11.6. The lowest BCUT2D eigenvalue weighted by molar-refractivity contribution is 0.195. The van der Waals surface area contributed by atoms with Gasteiger partial charge < -0.3 is 24.7 Å². The molecule has 0 aliphatic heterocycles. The van der Waals surface area contributed by atoms with E-state index in [0.29, 0.717) is 19.7 Å². The maximum absolute atomic E-state index is 6.03. The fraction of sp³-hybridized carbons (Fsp3) is 0.550. The molecule has 29 heavy (non-hydrogen) atoms. The molecule has 0 saturated carbocycles. The number of para-hydroxylation sites is 1. The lowest BCUT2D eigenvalue weighted by Gasteiger charge is -2.19. The van der Waals surface area contributed by atoms with Gasteiger partial charge in [0.1, 0.15) is 24.2 Å². The molecule has 9 heteroatoms. The van der Waals surface area contributed by atoms with Crippen LogP contribution in [0.25, 0.3) is 0 Å². The number of hydrogen-bond donors (Lipinski definition) is 2. The second-order valence-electron chi connectivity index (χ2n) is 6.74. The zero-order valence-corrected chi connectivity index (χ0v) is 20.3. The molecule has 0 radical (unpaired) electrons. The van der Waals surface area contributed by atoms with E-state index >= 15 is 0 Å². The number of nitrogens with zero attached hydrogens (tertiary/aromatic N) is 4. The average molecular weight is 516 g/mol. The Morgan fingerprint density at radius 2 is 1.97 bits per heavy atom. The summed E-state index contributed by atoms with van der Waals surface area (Å²) in [6.07, 6.45) is 0.888. The molecule has 0 aliphatic carbocycles. The topological polar surface area (TPSA) is 85.6 Å². The van der Waals surface area contributed by atoms with Crippen LogP contribution in [0.15, 0.2) is 29.3 Å². The molecule has 0 fully saturated rings. The van der Waals surface area contributed by atoms with Crippen molar-refractivity contribution in [1.29, 1.82) is 0 Å². The third-order valence-electron chi connectivity index (χ3n) is 4.36. The molecule has 1 aromatic heterocycles. The Morgan fingerprint density at radius 3 is 2.62 bits per heavy atom. The van der Waals surface area contributed by atoms with E-state index in [1.54, 1.807) is 7.11 Å². The van der Waals surface area contributed by atoms with Crippen LogP contribution in [-0.2, 0) is 18.3 Å². The van der Waals surface area contributed by atoms with Gasteiger partial charge in [0.05, 0.1) is 6.54 Å². The van der Waals surface area contributed by atoms with Gasteiger partial charge in [-0.2, -0.15) is 0 Å². The summed E-state index contributed by atoms with van der Waals surface area (Å²) in [7, 11) is 3.64. The van der Waals surface area contributed by atoms with Gasteiger partial charge in [-0.25, -0.2) is 4.99 Å². The van der Waals surface area contributed by atoms with Crippen LogP contribution in [0.3, 0.4) is 0 Å². The Balaban J connectivity index is 0.00000420. The largest absolute Gasteiger partial charge is 0.489 e. The summed E-state index contributed by atoms with van der Waals surface area (Å²) < 4.78 is 13.1. The molecule has 2 N–H and O–H groups in total. The SMILES string of the molecule is COCCCNC(=NCc1nnc(C)n1C)NCC(C)Oc1ccccc1C.I. The van der Waals surface area contributed by atoms with Gasteiger partial charge >= 0.3 is 0 Å². The van der Waals surface area contributed by atoms with E-state index in [0.717, 1.165) is 41.9 Å². The lowest BCUT2D eigenvalue weighted by atomic mass is 10.2. The van der Waals surface area contributed by atoms with Crippen LogP contribution >= 0.6 is 24.0 Å². The van der Waals surface area contributed by atoms with Crippen LogP contribution in [-0.4, -0.2) is 53.6 Å². The van der Waals surface area contributed by atoms with Gasteiger partial charge in [0.15, 0.2) is 11.8 Å². The number of aryl methyl sites for hydroxylation is 2.